The van der Waals surface area contributed by atoms with Crippen LogP contribution in [-0.4, -0.2) is 46.9 Å². The number of amides is 1. The third-order valence-corrected chi connectivity index (χ3v) is 7.03. The van der Waals surface area contributed by atoms with Crippen molar-refractivity contribution in [3.63, 3.8) is 0 Å². The number of aromatic nitrogens is 1. The van der Waals surface area contributed by atoms with Crippen LogP contribution in [0.3, 0.4) is 0 Å². The molecule has 1 saturated heterocycles. The van der Waals surface area contributed by atoms with Crippen LogP contribution in [-0.2, 0) is 0 Å². The highest BCUT2D eigenvalue weighted by molar-refractivity contribution is 5.95. The van der Waals surface area contributed by atoms with Gasteiger partial charge in [0.1, 0.15) is 0 Å². The van der Waals surface area contributed by atoms with Crippen LogP contribution in [0, 0.1) is 12.3 Å². The molecule has 2 heterocycles. The van der Waals surface area contributed by atoms with E-state index in [1.54, 1.807) is 0 Å². The summed E-state index contributed by atoms with van der Waals surface area (Å²) < 4.78 is 0. The maximum absolute atomic E-state index is 13.1. The molecular weight excluding hydrogens is 382 g/mol. The minimum absolute atomic E-state index is 0.125. The minimum atomic E-state index is 0.125. The monoisotopic (exact) mass is 411 g/mol. The second-order valence-corrected chi connectivity index (χ2v) is 9.23. The first-order valence-electron chi connectivity index (χ1n) is 11.1. The van der Waals surface area contributed by atoms with E-state index in [4.69, 9.17) is 0 Å². The first-order valence-corrected chi connectivity index (χ1v) is 11.1. The van der Waals surface area contributed by atoms with Gasteiger partial charge in [-0.05, 0) is 66.8 Å². The number of hydrogen-bond donors (Lipinski definition) is 0. The highest BCUT2D eigenvalue weighted by Crippen LogP contribution is 2.51. The minimum Gasteiger partial charge on any atom is -0.371 e. The van der Waals surface area contributed by atoms with E-state index in [0.29, 0.717) is 5.41 Å². The van der Waals surface area contributed by atoms with Gasteiger partial charge in [0.05, 0.1) is 5.52 Å². The lowest BCUT2D eigenvalue weighted by molar-refractivity contribution is 0.0659. The van der Waals surface area contributed by atoms with E-state index < -0.39 is 0 Å². The Bertz CT molecular complexity index is 1170. The largest absolute Gasteiger partial charge is 0.371 e. The fourth-order valence-corrected chi connectivity index (χ4v) is 4.58. The van der Waals surface area contributed by atoms with Crippen LogP contribution in [0.15, 0.2) is 67.0 Å². The van der Waals surface area contributed by atoms with Crippen molar-refractivity contribution in [3.8, 4) is 11.1 Å². The number of pyridine rings is 1. The lowest BCUT2D eigenvalue weighted by Gasteiger charge is -2.39. The number of nitrogens with zero attached hydrogens (tertiary/aromatic N) is 3. The van der Waals surface area contributed by atoms with E-state index in [2.05, 4.69) is 60.6 Å². The van der Waals surface area contributed by atoms with Gasteiger partial charge in [0.2, 0.25) is 0 Å². The maximum Gasteiger partial charge on any atom is 0.253 e. The van der Waals surface area contributed by atoms with Gasteiger partial charge in [-0.3, -0.25) is 9.78 Å². The Morgan fingerprint density at radius 2 is 1.74 bits per heavy atom. The van der Waals surface area contributed by atoms with E-state index in [9.17, 15) is 4.79 Å². The molecular formula is C27H29N3O. The van der Waals surface area contributed by atoms with Gasteiger partial charge in [-0.2, -0.15) is 0 Å². The van der Waals surface area contributed by atoms with Crippen LogP contribution in [0.2, 0.25) is 0 Å². The zero-order chi connectivity index (χ0) is 21.6. The molecule has 0 radical (unpaired) electrons. The molecule has 3 aromatic rings. The molecule has 4 heteroatoms. The standard InChI is InChI=1S/C27H29N3O/c1-19-17-23(6-8-24(19)21-7-9-25-22(18-21)5-4-12-28-25)26(31)30-15-13-29(14-16-30)20(2)27(3)10-11-27/h4-9,12,17-18H,2,10-11,13-16H2,1,3H3. The molecule has 0 unspecified atom stereocenters. The molecule has 0 atom stereocenters. The van der Waals surface area contributed by atoms with Crippen molar-refractivity contribution >= 4 is 16.8 Å². The molecule has 0 bridgehead atoms. The predicted octanol–water partition coefficient (Wildman–Crippen LogP) is 5.28. The van der Waals surface area contributed by atoms with Crippen LogP contribution >= 0.6 is 0 Å². The lowest BCUT2D eigenvalue weighted by Crippen LogP contribution is -2.48. The van der Waals surface area contributed by atoms with Crippen molar-refractivity contribution in [2.75, 3.05) is 26.2 Å². The molecule has 1 amide bonds. The van der Waals surface area contributed by atoms with E-state index in [-0.39, 0.29) is 5.91 Å². The smallest absolute Gasteiger partial charge is 0.253 e. The van der Waals surface area contributed by atoms with Crippen molar-refractivity contribution in [1.82, 2.24) is 14.8 Å². The fourth-order valence-electron chi connectivity index (χ4n) is 4.58. The molecule has 2 fully saturated rings. The number of rotatable bonds is 4. The number of carbonyl (C=O) groups excluding carboxylic acids is 1. The Kier molecular flexibility index (Phi) is 4.81. The molecule has 1 saturated carbocycles. The van der Waals surface area contributed by atoms with E-state index in [1.165, 1.54) is 18.5 Å². The topological polar surface area (TPSA) is 36.4 Å². The summed E-state index contributed by atoms with van der Waals surface area (Å²) in [4.78, 5) is 21.9. The molecule has 158 valence electrons. The maximum atomic E-state index is 13.1. The van der Waals surface area contributed by atoms with Crippen molar-refractivity contribution < 1.29 is 4.79 Å². The molecule has 1 aromatic heterocycles. The summed E-state index contributed by atoms with van der Waals surface area (Å²) in [6.07, 6.45) is 4.30. The van der Waals surface area contributed by atoms with Gasteiger partial charge in [-0.15, -0.1) is 0 Å². The first-order chi connectivity index (χ1) is 14.9. The average molecular weight is 412 g/mol. The number of allylic oxidation sites excluding steroid dienone is 1. The quantitative estimate of drug-likeness (QED) is 0.586. The zero-order valence-corrected chi connectivity index (χ0v) is 18.4. The molecule has 1 aliphatic carbocycles. The van der Waals surface area contributed by atoms with Crippen LogP contribution in [0.1, 0.15) is 35.7 Å². The third kappa shape index (κ3) is 3.71. The molecule has 0 N–H and O–H groups in total. The van der Waals surface area contributed by atoms with Crippen LogP contribution in [0.25, 0.3) is 22.0 Å². The molecule has 4 nitrogen and oxygen atoms in total. The van der Waals surface area contributed by atoms with Gasteiger partial charge in [-0.1, -0.05) is 31.7 Å². The molecule has 2 aliphatic rings. The van der Waals surface area contributed by atoms with Crippen molar-refractivity contribution in [1.29, 1.82) is 0 Å². The van der Waals surface area contributed by atoms with Crippen molar-refractivity contribution in [2.24, 2.45) is 5.41 Å². The van der Waals surface area contributed by atoms with Gasteiger partial charge >= 0.3 is 0 Å². The highest BCUT2D eigenvalue weighted by atomic mass is 16.2. The fraction of sp³-hybridized carbons (Fsp3) is 0.333. The van der Waals surface area contributed by atoms with E-state index in [0.717, 1.165) is 59.3 Å². The summed E-state index contributed by atoms with van der Waals surface area (Å²) >= 11 is 0. The van der Waals surface area contributed by atoms with Gasteiger partial charge in [-0.25, -0.2) is 0 Å². The summed E-state index contributed by atoms with van der Waals surface area (Å²) in [6.45, 7) is 12.0. The number of piperazine rings is 1. The number of fused-ring (bicyclic) bond motifs is 1. The number of aryl methyl sites for hydroxylation is 1. The molecule has 5 rings (SSSR count). The highest BCUT2D eigenvalue weighted by Gasteiger charge is 2.42. The Balaban J connectivity index is 1.30. The average Bonchev–Trinajstić information content (AvgIpc) is 3.56. The third-order valence-electron chi connectivity index (χ3n) is 7.03. The summed E-state index contributed by atoms with van der Waals surface area (Å²) in [5.41, 5.74) is 6.74. The zero-order valence-electron chi connectivity index (χ0n) is 18.4. The number of hydrogen-bond acceptors (Lipinski definition) is 3. The predicted molar refractivity (Wildman–Crippen MR) is 126 cm³/mol. The van der Waals surface area contributed by atoms with Crippen molar-refractivity contribution in [2.45, 2.75) is 26.7 Å². The normalized spacial score (nSPS) is 17.6. The SMILES string of the molecule is C=C(N1CCN(C(=O)c2ccc(-c3ccc4ncccc4c3)c(C)c2)CC1)C1(C)CC1. The summed E-state index contributed by atoms with van der Waals surface area (Å²) in [5, 5.41) is 1.12. The van der Waals surface area contributed by atoms with Crippen LogP contribution in [0.5, 0.6) is 0 Å². The van der Waals surface area contributed by atoms with Crippen molar-refractivity contribution in [3.05, 3.63) is 78.1 Å². The lowest BCUT2D eigenvalue weighted by atomic mass is 9.96. The summed E-state index contributed by atoms with van der Waals surface area (Å²) in [6, 6.07) is 16.4. The second-order valence-electron chi connectivity index (χ2n) is 9.23. The van der Waals surface area contributed by atoms with Gasteiger partial charge < -0.3 is 9.80 Å². The second kappa shape index (κ2) is 7.52. The Morgan fingerprint density at radius 3 is 2.45 bits per heavy atom. The van der Waals surface area contributed by atoms with Gasteiger partial charge in [0.25, 0.3) is 5.91 Å². The van der Waals surface area contributed by atoms with E-state index in [1.807, 2.05) is 29.3 Å². The molecule has 0 spiro atoms. The van der Waals surface area contributed by atoms with Crippen LogP contribution in [0.4, 0.5) is 0 Å². The van der Waals surface area contributed by atoms with E-state index >= 15 is 0 Å². The number of benzene rings is 2. The van der Waals surface area contributed by atoms with Gasteiger partial charge in [0.15, 0.2) is 0 Å². The van der Waals surface area contributed by atoms with Crippen LogP contribution < -0.4 is 0 Å². The summed E-state index contributed by atoms with van der Waals surface area (Å²) in [7, 11) is 0. The Morgan fingerprint density at radius 1 is 1.00 bits per heavy atom. The molecule has 31 heavy (non-hydrogen) atoms. The number of carbonyl (C=O) groups is 1. The molecule has 2 aromatic carbocycles. The first kappa shape index (κ1) is 19.8. The Labute approximate surface area is 184 Å². The van der Waals surface area contributed by atoms with Gasteiger partial charge in [0, 0.05) is 54.4 Å². The summed E-state index contributed by atoms with van der Waals surface area (Å²) in [5.74, 6) is 0.125. The molecule has 1 aliphatic heterocycles. The Hall–Kier alpha value is -3.14.